The largest absolute Gasteiger partial charge is 0.465 e. The highest BCUT2D eigenvalue weighted by molar-refractivity contribution is 6.42. The van der Waals surface area contributed by atoms with Crippen LogP contribution >= 0.6 is 23.2 Å². The lowest BCUT2D eigenvalue weighted by molar-refractivity contribution is -0.143. The van der Waals surface area contributed by atoms with Gasteiger partial charge in [-0.3, -0.25) is 0 Å². The molecule has 3 atom stereocenters. The summed E-state index contributed by atoms with van der Waals surface area (Å²) in [5.74, 6) is -0.664. The maximum Gasteiger partial charge on any atom is 0.416 e. The van der Waals surface area contributed by atoms with Crippen LogP contribution in [0.1, 0.15) is 43.4 Å². The summed E-state index contributed by atoms with van der Waals surface area (Å²) in [6.07, 6.45) is -11.5. The monoisotopic (exact) mass is 585 g/mol. The van der Waals surface area contributed by atoms with Gasteiger partial charge in [-0.2, -0.15) is 26.3 Å². The molecule has 208 valence electrons. The van der Waals surface area contributed by atoms with E-state index >= 15 is 0 Å². The van der Waals surface area contributed by atoms with Crippen LogP contribution in [0, 0.1) is 5.41 Å². The molecule has 1 fully saturated rings. The van der Waals surface area contributed by atoms with E-state index in [9.17, 15) is 41.0 Å². The van der Waals surface area contributed by atoms with Gasteiger partial charge in [-0.05, 0) is 41.3 Å². The van der Waals surface area contributed by atoms with E-state index in [1.54, 1.807) is 26.8 Å². The van der Waals surface area contributed by atoms with Gasteiger partial charge in [0, 0.05) is 18.2 Å². The van der Waals surface area contributed by atoms with Crippen molar-refractivity contribution >= 4 is 41.0 Å². The van der Waals surface area contributed by atoms with Crippen LogP contribution in [0.3, 0.4) is 0 Å². The zero-order valence-corrected chi connectivity index (χ0v) is 21.6. The standard InChI is InChI=1S/C24H23Cl2F6N3O3/c1-22(2,3)19-18(15(10-35(19)21(37)38)11-4-5-16(25)17(26)6-11)34-20(36)33-14-8-12(23(27,28)29)7-13(9-14)24(30,31)32/h4-9,15,18-19H,10H2,1-3H3,(H,37,38)(H2,33,34,36)/t15-,18-,19?/m1/s1. The Balaban J connectivity index is 2.00. The van der Waals surface area contributed by atoms with Crippen molar-refractivity contribution in [3.8, 4) is 0 Å². The van der Waals surface area contributed by atoms with Gasteiger partial charge in [0.1, 0.15) is 0 Å². The van der Waals surface area contributed by atoms with Crippen LogP contribution in [-0.2, 0) is 12.4 Å². The van der Waals surface area contributed by atoms with Gasteiger partial charge in [0.2, 0.25) is 0 Å². The van der Waals surface area contributed by atoms with E-state index in [4.69, 9.17) is 23.2 Å². The number of nitrogens with one attached hydrogen (secondary N) is 2. The summed E-state index contributed by atoms with van der Waals surface area (Å²) in [5, 5.41) is 14.9. The fraction of sp³-hybridized carbons (Fsp3) is 0.417. The van der Waals surface area contributed by atoms with Crippen LogP contribution in [0.15, 0.2) is 36.4 Å². The van der Waals surface area contributed by atoms with Gasteiger partial charge in [-0.1, -0.05) is 50.0 Å². The maximum absolute atomic E-state index is 13.2. The van der Waals surface area contributed by atoms with Gasteiger partial charge in [0.25, 0.3) is 0 Å². The van der Waals surface area contributed by atoms with Crippen LogP contribution in [0.2, 0.25) is 10.0 Å². The Morgan fingerprint density at radius 1 is 0.921 bits per heavy atom. The Bertz CT molecular complexity index is 1200. The SMILES string of the molecule is CC(C)(C)C1[C@H](NC(=O)Nc2cc(C(F)(F)F)cc(C(F)(F)F)c2)[C@@H](c2ccc(Cl)c(Cl)c2)CN1C(=O)O. The Kier molecular flexibility index (Phi) is 8.10. The van der Waals surface area contributed by atoms with Crippen molar-refractivity contribution in [3.05, 3.63) is 63.1 Å². The first-order chi connectivity index (χ1) is 17.3. The molecule has 0 aromatic heterocycles. The minimum Gasteiger partial charge on any atom is -0.465 e. The number of amides is 3. The van der Waals surface area contributed by atoms with E-state index in [0.717, 1.165) is 4.90 Å². The van der Waals surface area contributed by atoms with E-state index in [2.05, 4.69) is 5.32 Å². The lowest BCUT2D eigenvalue weighted by Gasteiger charge is -2.37. The third kappa shape index (κ3) is 6.58. The van der Waals surface area contributed by atoms with E-state index in [-0.39, 0.29) is 22.7 Å². The van der Waals surface area contributed by atoms with Crippen LogP contribution in [0.5, 0.6) is 0 Å². The second kappa shape index (κ2) is 10.4. The number of carboxylic acid groups (broad SMARTS) is 1. The molecule has 2 aromatic rings. The van der Waals surface area contributed by atoms with Crippen LogP contribution in [0.4, 0.5) is 41.6 Å². The molecule has 0 radical (unpaired) electrons. The van der Waals surface area contributed by atoms with Crippen molar-refractivity contribution < 1.29 is 41.0 Å². The Morgan fingerprint density at radius 3 is 1.92 bits per heavy atom. The van der Waals surface area contributed by atoms with Gasteiger partial charge in [-0.15, -0.1) is 0 Å². The Hall–Kier alpha value is -2.86. The number of halogens is 8. The number of anilines is 1. The Morgan fingerprint density at radius 2 is 1.47 bits per heavy atom. The highest BCUT2D eigenvalue weighted by Crippen LogP contribution is 2.42. The zero-order chi connectivity index (χ0) is 28.8. The number of hydrogen-bond donors (Lipinski definition) is 3. The lowest BCUT2D eigenvalue weighted by Crippen LogP contribution is -2.54. The third-order valence-electron chi connectivity index (χ3n) is 6.15. The van der Waals surface area contributed by atoms with Crippen LogP contribution < -0.4 is 10.6 Å². The van der Waals surface area contributed by atoms with Crippen LogP contribution in [-0.4, -0.2) is 40.8 Å². The molecule has 0 spiro atoms. The summed E-state index contributed by atoms with van der Waals surface area (Å²) in [4.78, 5) is 26.1. The number of benzene rings is 2. The number of rotatable bonds is 3. The number of carbonyl (C=O) groups excluding carboxylic acids is 1. The van der Waals surface area contributed by atoms with E-state index in [1.807, 2.05) is 5.32 Å². The van der Waals surface area contributed by atoms with Gasteiger partial charge in [0.05, 0.1) is 33.3 Å². The van der Waals surface area contributed by atoms with Gasteiger partial charge >= 0.3 is 24.5 Å². The van der Waals surface area contributed by atoms with Crippen LogP contribution in [0.25, 0.3) is 0 Å². The number of hydrogen-bond acceptors (Lipinski definition) is 2. The minimum atomic E-state index is -5.10. The number of carbonyl (C=O) groups is 2. The minimum absolute atomic E-state index is 0.0548. The summed E-state index contributed by atoms with van der Waals surface area (Å²) in [6, 6.07) is 2.43. The molecular formula is C24H23Cl2F6N3O3. The molecule has 6 nitrogen and oxygen atoms in total. The van der Waals surface area contributed by atoms with Gasteiger partial charge in [-0.25, -0.2) is 9.59 Å². The number of nitrogens with zero attached hydrogens (tertiary/aromatic N) is 1. The normalized spacial score (nSPS) is 20.4. The van der Waals surface area contributed by atoms with Crippen molar-refractivity contribution in [3.63, 3.8) is 0 Å². The molecule has 3 N–H and O–H groups in total. The predicted octanol–water partition coefficient (Wildman–Crippen LogP) is 7.71. The number of urea groups is 1. The fourth-order valence-corrected chi connectivity index (χ4v) is 4.94. The molecule has 1 aliphatic rings. The van der Waals surface area contributed by atoms with Crippen molar-refractivity contribution in [2.45, 2.75) is 51.1 Å². The summed E-state index contributed by atoms with van der Waals surface area (Å²) in [5.41, 5.74) is -4.14. The first-order valence-electron chi connectivity index (χ1n) is 11.1. The summed E-state index contributed by atoms with van der Waals surface area (Å²) < 4.78 is 79.4. The first kappa shape index (κ1) is 29.7. The fourth-order valence-electron chi connectivity index (χ4n) is 4.64. The predicted molar refractivity (Wildman–Crippen MR) is 130 cm³/mol. The molecule has 0 aliphatic carbocycles. The molecule has 0 saturated carbocycles. The Labute approximate surface area is 223 Å². The number of likely N-dealkylation sites (tertiary alicyclic amines) is 1. The molecule has 3 amide bonds. The van der Waals surface area contributed by atoms with E-state index < -0.39 is 64.7 Å². The second-order valence-corrected chi connectivity index (χ2v) is 10.8. The summed E-state index contributed by atoms with van der Waals surface area (Å²) >= 11 is 12.1. The second-order valence-electron chi connectivity index (χ2n) is 9.94. The molecule has 0 bridgehead atoms. The van der Waals surface area contributed by atoms with Gasteiger partial charge in [0.15, 0.2) is 0 Å². The van der Waals surface area contributed by atoms with E-state index in [0.29, 0.717) is 17.7 Å². The van der Waals surface area contributed by atoms with Gasteiger partial charge < -0.3 is 20.6 Å². The molecule has 1 unspecified atom stereocenters. The molecule has 14 heteroatoms. The third-order valence-corrected chi connectivity index (χ3v) is 6.89. The maximum atomic E-state index is 13.2. The van der Waals surface area contributed by atoms with Crippen molar-refractivity contribution in [2.75, 3.05) is 11.9 Å². The first-order valence-corrected chi connectivity index (χ1v) is 11.9. The smallest absolute Gasteiger partial charge is 0.416 e. The molecule has 2 aromatic carbocycles. The van der Waals surface area contributed by atoms with Crippen molar-refractivity contribution in [1.29, 1.82) is 0 Å². The average Bonchev–Trinajstić information content (AvgIpc) is 3.14. The van der Waals surface area contributed by atoms with Crippen molar-refractivity contribution in [2.24, 2.45) is 5.41 Å². The molecule has 1 saturated heterocycles. The zero-order valence-electron chi connectivity index (χ0n) is 20.1. The molecule has 3 rings (SSSR count). The topological polar surface area (TPSA) is 81.7 Å². The van der Waals surface area contributed by atoms with E-state index in [1.165, 1.54) is 12.1 Å². The summed E-state index contributed by atoms with van der Waals surface area (Å²) in [7, 11) is 0. The highest BCUT2D eigenvalue weighted by Gasteiger charge is 2.50. The quantitative estimate of drug-likeness (QED) is 0.323. The van der Waals surface area contributed by atoms with Crippen molar-refractivity contribution in [1.82, 2.24) is 10.2 Å². The summed E-state index contributed by atoms with van der Waals surface area (Å²) in [6.45, 7) is 5.14. The molecule has 1 heterocycles. The molecule has 38 heavy (non-hydrogen) atoms. The highest BCUT2D eigenvalue weighted by atomic mass is 35.5. The molecular weight excluding hydrogens is 563 g/mol. The average molecular weight is 586 g/mol. The lowest BCUT2D eigenvalue weighted by atomic mass is 9.79. The molecule has 1 aliphatic heterocycles. The number of alkyl halides is 6.